The van der Waals surface area contributed by atoms with E-state index < -0.39 is 0 Å². The van der Waals surface area contributed by atoms with Crippen molar-refractivity contribution >= 4 is 34.3 Å². The fourth-order valence-corrected chi connectivity index (χ4v) is 4.75. The number of aliphatic hydroxyl groups excluding tert-OH is 1. The van der Waals surface area contributed by atoms with Crippen molar-refractivity contribution in [2.75, 3.05) is 24.6 Å². The number of pyridine rings is 2. The van der Waals surface area contributed by atoms with Gasteiger partial charge in [0, 0.05) is 35.6 Å². The SMILES string of the molecule is CCOC(=O)C1CCN(c2c(-c3cccc(Cl)c3)c3ccc(CO)nc3n(CC)c2=O)CC1. The number of hydrogen-bond acceptors (Lipinski definition) is 6. The van der Waals surface area contributed by atoms with E-state index in [1.165, 1.54) is 0 Å². The maximum absolute atomic E-state index is 13.8. The maximum Gasteiger partial charge on any atom is 0.309 e. The minimum atomic E-state index is -0.205. The molecule has 7 nitrogen and oxygen atoms in total. The fourth-order valence-electron chi connectivity index (χ4n) is 4.56. The summed E-state index contributed by atoms with van der Waals surface area (Å²) in [5.74, 6) is -0.323. The van der Waals surface area contributed by atoms with Crippen molar-refractivity contribution in [1.29, 1.82) is 0 Å². The van der Waals surface area contributed by atoms with Gasteiger partial charge in [-0.1, -0.05) is 23.7 Å². The molecule has 2 aromatic heterocycles. The molecule has 3 heterocycles. The number of ether oxygens (including phenoxy) is 1. The summed E-state index contributed by atoms with van der Waals surface area (Å²) in [6.45, 7) is 5.47. The predicted octanol–water partition coefficient (Wildman–Crippen LogP) is 4.01. The van der Waals surface area contributed by atoms with Gasteiger partial charge in [-0.2, -0.15) is 0 Å². The Kier molecular flexibility index (Phi) is 7.00. The molecule has 0 bridgehead atoms. The lowest BCUT2D eigenvalue weighted by molar-refractivity contribution is -0.148. The summed E-state index contributed by atoms with van der Waals surface area (Å²) in [5.41, 5.74) is 3.09. The van der Waals surface area contributed by atoms with E-state index in [1.807, 2.05) is 38.1 Å². The first-order chi connectivity index (χ1) is 16.0. The normalized spacial score (nSPS) is 14.6. The van der Waals surface area contributed by atoms with Crippen LogP contribution in [0.4, 0.5) is 5.69 Å². The maximum atomic E-state index is 13.8. The highest BCUT2D eigenvalue weighted by Crippen LogP contribution is 2.37. The second kappa shape index (κ2) is 9.93. The molecule has 1 saturated heterocycles. The summed E-state index contributed by atoms with van der Waals surface area (Å²) in [6.07, 6.45) is 1.25. The highest BCUT2D eigenvalue weighted by atomic mass is 35.5. The van der Waals surface area contributed by atoms with Crippen LogP contribution in [-0.2, 0) is 22.7 Å². The van der Waals surface area contributed by atoms with E-state index >= 15 is 0 Å². The largest absolute Gasteiger partial charge is 0.466 e. The smallest absolute Gasteiger partial charge is 0.309 e. The molecule has 1 aliphatic rings. The van der Waals surface area contributed by atoms with Gasteiger partial charge in [0.2, 0.25) is 0 Å². The lowest BCUT2D eigenvalue weighted by Gasteiger charge is -2.34. The first-order valence-corrected chi connectivity index (χ1v) is 11.7. The van der Waals surface area contributed by atoms with Gasteiger partial charge >= 0.3 is 5.97 Å². The van der Waals surface area contributed by atoms with Gasteiger partial charge in [0.25, 0.3) is 5.56 Å². The number of benzene rings is 1. The molecular formula is C25H28ClN3O4. The van der Waals surface area contributed by atoms with Gasteiger partial charge in [0.05, 0.1) is 24.8 Å². The number of nitrogens with zero attached hydrogens (tertiary/aromatic N) is 3. The van der Waals surface area contributed by atoms with Crippen molar-refractivity contribution in [2.45, 2.75) is 39.8 Å². The van der Waals surface area contributed by atoms with Crippen LogP contribution in [0.25, 0.3) is 22.2 Å². The number of aryl methyl sites for hydroxylation is 1. The fraction of sp³-hybridized carbons (Fsp3) is 0.400. The van der Waals surface area contributed by atoms with Gasteiger partial charge in [0.1, 0.15) is 11.3 Å². The topological polar surface area (TPSA) is 84.7 Å². The number of fused-ring (bicyclic) bond motifs is 1. The summed E-state index contributed by atoms with van der Waals surface area (Å²) in [5, 5.41) is 11.0. The van der Waals surface area contributed by atoms with Gasteiger partial charge in [0.15, 0.2) is 0 Å². The van der Waals surface area contributed by atoms with Crippen LogP contribution in [0, 0.1) is 5.92 Å². The van der Waals surface area contributed by atoms with E-state index in [0.29, 0.717) is 61.1 Å². The lowest BCUT2D eigenvalue weighted by Crippen LogP contribution is -2.41. The van der Waals surface area contributed by atoms with E-state index in [9.17, 15) is 14.7 Å². The number of esters is 1. The van der Waals surface area contributed by atoms with E-state index in [4.69, 9.17) is 16.3 Å². The number of halogens is 1. The number of carbonyl (C=O) groups is 1. The Morgan fingerprint density at radius 3 is 2.61 bits per heavy atom. The van der Waals surface area contributed by atoms with E-state index in [-0.39, 0.29) is 24.1 Å². The molecule has 0 aliphatic carbocycles. The molecule has 0 radical (unpaired) electrons. The molecule has 1 aliphatic heterocycles. The zero-order valence-corrected chi connectivity index (χ0v) is 19.6. The number of aromatic nitrogens is 2. The summed E-state index contributed by atoms with van der Waals surface area (Å²) >= 11 is 6.32. The van der Waals surface area contributed by atoms with Crippen molar-refractivity contribution in [3.63, 3.8) is 0 Å². The molecule has 0 amide bonds. The molecule has 4 rings (SSSR count). The Bertz CT molecular complexity index is 1230. The van der Waals surface area contributed by atoms with Crippen LogP contribution in [0.15, 0.2) is 41.2 Å². The molecule has 0 saturated carbocycles. The lowest BCUT2D eigenvalue weighted by atomic mass is 9.94. The van der Waals surface area contributed by atoms with Gasteiger partial charge < -0.3 is 14.7 Å². The second-order valence-corrected chi connectivity index (χ2v) is 8.57. The minimum Gasteiger partial charge on any atom is -0.466 e. The average molecular weight is 470 g/mol. The van der Waals surface area contributed by atoms with Crippen LogP contribution >= 0.6 is 11.6 Å². The van der Waals surface area contributed by atoms with E-state index in [0.717, 1.165) is 16.5 Å². The van der Waals surface area contributed by atoms with Crippen molar-refractivity contribution in [3.05, 3.63) is 57.5 Å². The first kappa shape index (κ1) is 23.3. The van der Waals surface area contributed by atoms with Crippen LogP contribution in [0.1, 0.15) is 32.4 Å². The van der Waals surface area contributed by atoms with E-state index in [2.05, 4.69) is 9.88 Å². The summed E-state index contributed by atoms with van der Waals surface area (Å²) in [4.78, 5) is 32.7. The minimum absolute atomic E-state index is 0.142. The monoisotopic (exact) mass is 469 g/mol. The zero-order valence-electron chi connectivity index (χ0n) is 18.9. The van der Waals surface area contributed by atoms with Crippen LogP contribution in [0.5, 0.6) is 0 Å². The summed E-state index contributed by atoms with van der Waals surface area (Å²) in [7, 11) is 0. The Labute approximate surface area is 197 Å². The Morgan fingerprint density at radius 2 is 1.97 bits per heavy atom. The van der Waals surface area contributed by atoms with E-state index in [1.54, 1.807) is 16.7 Å². The third-order valence-corrected chi connectivity index (χ3v) is 6.40. The van der Waals surface area contributed by atoms with Gasteiger partial charge in [-0.05, 0) is 56.5 Å². The molecular weight excluding hydrogens is 442 g/mol. The van der Waals surface area contributed by atoms with Crippen LogP contribution in [0.3, 0.4) is 0 Å². The highest BCUT2D eigenvalue weighted by Gasteiger charge is 2.30. The highest BCUT2D eigenvalue weighted by molar-refractivity contribution is 6.31. The molecule has 1 N–H and O–H groups in total. The van der Waals surface area contributed by atoms with Crippen molar-refractivity contribution < 1.29 is 14.6 Å². The van der Waals surface area contributed by atoms with Crippen LogP contribution in [0.2, 0.25) is 5.02 Å². The molecule has 0 spiro atoms. The van der Waals surface area contributed by atoms with Crippen LogP contribution < -0.4 is 10.5 Å². The Balaban J connectivity index is 1.90. The molecule has 33 heavy (non-hydrogen) atoms. The third-order valence-electron chi connectivity index (χ3n) is 6.16. The predicted molar refractivity (Wildman–Crippen MR) is 130 cm³/mol. The molecule has 174 valence electrons. The molecule has 1 aromatic carbocycles. The number of aliphatic hydroxyl groups is 1. The van der Waals surface area contributed by atoms with Crippen molar-refractivity contribution in [1.82, 2.24) is 9.55 Å². The molecule has 3 aromatic rings. The average Bonchev–Trinajstić information content (AvgIpc) is 2.83. The summed E-state index contributed by atoms with van der Waals surface area (Å²) in [6, 6.07) is 11.1. The van der Waals surface area contributed by atoms with Crippen LogP contribution in [-0.4, -0.2) is 40.3 Å². The first-order valence-electron chi connectivity index (χ1n) is 11.3. The third kappa shape index (κ3) is 4.48. The molecule has 1 fully saturated rings. The van der Waals surface area contributed by atoms with Gasteiger partial charge in [-0.25, -0.2) is 4.98 Å². The molecule has 0 atom stereocenters. The number of piperidine rings is 1. The molecule has 0 unspecified atom stereocenters. The summed E-state index contributed by atoms with van der Waals surface area (Å²) < 4.78 is 6.85. The number of rotatable bonds is 6. The standard InChI is InChI=1S/C25H28ClN3O4/c1-3-29-23-20(9-8-19(15-30)27-23)21(17-6-5-7-18(26)14-17)22(24(29)31)28-12-10-16(11-13-28)25(32)33-4-2/h5-9,14,16,30H,3-4,10-13,15H2,1-2H3. The second-order valence-electron chi connectivity index (χ2n) is 8.13. The number of anilines is 1. The number of hydrogen-bond donors (Lipinski definition) is 1. The molecule has 8 heteroatoms. The quantitative estimate of drug-likeness (QED) is 0.549. The van der Waals surface area contributed by atoms with Gasteiger partial charge in [-0.15, -0.1) is 0 Å². The number of carbonyl (C=O) groups excluding carboxylic acids is 1. The Morgan fingerprint density at radius 1 is 1.21 bits per heavy atom. The zero-order chi connectivity index (χ0) is 23.5. The van der Waals surface area contributed by atoms with Gasteiger partial charge in [-0.3, -0.25) is 14.2 Å². The van der Waals surface area contributed by atoms with Crippen molar-refractivity contribution in [3.8, 4) is 11.1 Å². The Hall–Kier alpha value is -2.90. The van der Waals surface area contributed by atoms with Crippen molar-refractivity contribution in [2.24, 2.45) is 5.92 Å².